The molecule has 2 aromatic rings. The van der Waals surface area contributed by atoms with Gasteiger partial charge in [-0.05, 0) is 50.2 Å². The molecule has 30 heavy (non-hydrogen) atoms. The number of piperidine rings is 1. The van der Waals surface area contributed by atoms with E-state index in [1.165, 1.54) is 4.90 Å². The lowest BCUT2D eigenvalue weighted by molar-refractivity contribution is -0.119. The Labute approximate surface area is 172 Å². The first-order valence-electron chi connectivity index (χ1n) is 10.6. The number of nitrogens with zero attached hydrogens (tertiary/aromatic N) is 3. The number of aryl methyl sites for hydroxylation is 1. The van der Waals surface area contributed by atoms with Crippen LogP contribution in [0.25, 0.3) is 0 Å². The molecule has 5 nitrogen and oxygen atoms in total. The lowest BCUT2D eigenvalue weighted by Gasteiger charge is -2.40. The minimum atomic E-state index is -4.23. The first kappa shape index (κ1) is 19.5. The van der Waals surface area contributed by atoms with Gasteiger partial charge in [0.15, 0.2) is 0 Å². The van der Waals surface area contributed by atoms with Crippen molar-refractivity contribution in [2.24, 2.45) is 0 Å². The molecule has 1 aromatic heterocycles. The van der Waals surface area contributed by atoms with Gasteiger partial charge in [-0.2, -0.15) is 13.2 Å². The van der Waals surface area contributed by atoms with Crippen LogP contribution < -0.4 is 15.4 Å². The maximum absolute atomic E-state index is 13.1. The highest BCUT2D eigenvalue weighted by Gasteiger charge is 2.47. The zero-order chi connectivity index (χ0) is 20.9. The molecule has 0 amide bonds. The SMILES string of the molecule is O=c1[nH]c(N2CCC3(CC2)CN(CC(F)(F)F)c2ccccc23)nc2c1CCCC2. The highest BCUT2D eigenvalue weighted by molar-refractivity contribution is 5.63. The van der Waals surface area contributed by atoms with E-state index in [2.05, 4.69) is 9.88 Å². The van der Waals surface area contributed by atoms with Gasteiger partial charge in [-0.1, -0.05) is 18.2 Å². The summed E-state index contributed by atoms with van der Waals surface area (Å²) in [6.45, 7) is 0.787. The quantitative estimate of drug-likeness (QED) is 0.810. The maximum atomic E-state index is 13.1. The Balaban J connectivity index is 1.38. The van der Waals surface area contributed by atoms with Gasteiger partial charge in [0.25, 0.3) is 5.56 Å². The standard InChI is InChI=1S/C22H25F3N4O/c23-22(24,25)14-29-13-21(16-6-2-4-8-18(16)29)9-11-28(12-10-21)20-26-17-7-3-1-5-15(17)19(30)27-20/h2,4,6,8H,1,3,5,7,9-14H2,(H,26,27,30). The fourth-order valence-corrected chi connectivity index (χ4v) is 5.40. The summed E-state index contributed by atoms with van der Waals surface area (Å²) in [6, 6.07) is 7.48. The summed E-state index contributed by atoms with van der Waals surface area (Å²) in [5.41, 5.74) is 3.10. The fraction of sp³-hybridized carbons (Fsp3) is 0.545. The van der Waals surface area contributed by atoms with Crippen molar-refractivity contribution in [3.63, 3.8) is 0 Å². The van der Waals surface area contributed by atoms with E-state index in [1.807, 2.05) is 12.1 Å². The number of halogens is 3. The van der Waals surface area contributed by atoms with Crippen molar-refractivity contribution in [1.29, 1.82) is 0 Å². The highest BCUT2D eigenvalue weighted by Crippen LogP contribution is 2.47. The average Bonchev–Trinajstić information content (AvgIpc) is 3.00. The van der Waals surface area contributed by atoms with E-state index in [9.17, 15) is 18.0 Å². The Bertz CT molecular complexity index is 1010. The maximum Gasteiger partial charge on any atom is 0.405 e. The van der Waals surface area contributed by atoms with Crippen LogP contribution in [0.2, 0.25) is 0 Å². The van der Waals surface area contributed by atoms with Gasteiger partial charge in [0, 0.05) is 36.3 Å². The van der Waals surface area contributed by atoms with Crippen molar-refractivity contribution in [2.45, 2.75) is 50.1 Å². The lowest BCUT2D eigenvalue weighted by Crippen LogP contribution is -2.47. The monoisotopic (exact) mass is 418 g/mol. The third kappa shape index (κ3) is 3.36. The number of rotatable bonds is 2. The molecule has 0 atom stereocenters. The molecule has 1 aromatic carbocycles. The summed E-state index contributed by atoms with van der Waals surface area (Å²) in [7, 11) is 0. The topological polar surface area (TPSA) is 52.2 Å². The van der Waals surface area contributed by atoms with Gasteiger partial charge in [-0.15, -0.1) is 0 Å². The third-order valence-corrected chi connectivity index (χ3v) is 6.88. The molecule has 1 spiro atoms. The Morgan fingerprint density at radius 3 is 2.60 bits per heavy atom. The number of benzene rings is 1. The van der Waals surface area contributed by atoms with Gasteiger partial charge in [0.1, 0.15) is 6.54 Å². The zero-order valence-electron chi connectivity index (χ0n) is 16.8. The number of H-pyrrole nitrogens is 1. The number of fused-ring (bicyclic) bond motifs is 3. The molecule has 3 heterocycles. The van der Waals surface area contributed by atoms with E-state index in [0.29, 0.717) is 31.3 Å². The third-order valence-electron chi connectivity index (χ3n) is 6.88. The van der Waals surface area contributed by atoms with Crippen LogP contribution in [-0.4, -0.2) is 42.3 Å². The van der Waals surface area contributed by atoms with Crippen LogP contribution in [0, 0.1) is 0 Å². The summed E-state index contributed by atoms with van der Waals surface area (Å²) in [5, 5.41) is 0. The van der Waals surface area contributed by atoms with Gasteiger partial charge in [0.05, 0.1) is 5.69 Å². The van der Waals surface area contributed by atoms with Crippen molar-refractivity contribution >= 4 is 11.6 Å². The predicted octanol–water partition coefficient (Wildman–Crippen LogP) is 3.57. The molecule has 0 unspecified atom stereocenters. The molecule has 5 rings (SSSR count). The molecule has 0 radical (unpaired) electrons. The van der Waals surface area contributed by atoms with Crippen LogP contribution in [0.4, 0.5) is 24.8 Å². The Hall–Kier alpha value is -2.51. The lowest BCUT2D eigenvalue weighted by atomic mass is 9.74. The van der Waals surface area contributed by atoms with Crippen LogP contribution in [0.5, 0.6) is 0 Å². The van der Waals surface area contributed by atoms with Crippen LogP contribution in [0.3, 0.4) is 0 Å². The van der Waals surface area contributed by atoms with E-state index in [-0.39, 0.29) is 11.0 Å². The fourth-order valence-electron chi connectivity index (χ4n) is 5.40. The van der Waals surface area contributed by atoms with Gasteiger partial charge in [0.2, 0.25) is 5.95 Å². The Morgan fingerprint density at radius 2 is 1.83 bits per heavy atom. The molecule has 1 aliphatic carbocycles. The van der Waals surface area contributed by atoms with Crippen LogP contribution in [-0.2, 0) is 18.3 Å². The van der Waals surface area contributed by atoms with Crippen LogP contribution in [0.15, 0.2) is 29.1 Å². The largest absolute Gasteiger partial charge is 0.405 e. The molecular weight excluding hydrogens is 393 g/mol. The molecule has 3 aliphatic rings. The number of alkyl halides is 3. The van der Waals surface area contributed by atoms with Crippen molar-refractivity contribution in [2.75, 3.05) is 36.0 Å². The normalized spacial score (nSPS) is 20.4. The number of aromatic nitrogens is 2. The number of anilines is 2. The molecule has 0 saturated carbocycles. The van der Waals surface area contributed by atoms with Gasteiger partial charge >= 0.3 is 6.18 Å². The minimum absolute atomic E-state index is 0.0439. The second kappa shape index (κ2) is 7.03. The number of hydrogen-bond donors (Lipinski definition) is 1. The van der Waals surface area contributed by atoms with Gasteiger partial charge < -0.3 is 9.80 Å². The van der Waals surface area contributed by atoms with E-state index in [1.54, 1.807) is 12.1 Å². The summed E-state index contributed by atoms with van der Waals surface area (Å²) in [4.78, 5) is 23.7. The summed E-state index contributed by atoms with van der Waals surface area (Å²) in [5.74, 6) is 0.605. The van der Waals surface area contributed by atoms with Crippen molar-refractivity contribution in [1.82, 2.24) is 9.97 Å². The first-order chi connectivity index (χ1) is 14.3. The molecule has 2 aliphatic heterocycles. The predicted molar refractivity (Wildman–Crippen MR) is 109 cm³/mol. The zero-order valence-corrected chi connectivity index (χ0v) is 16.8. The van der Waals surface area contributed by atoms with Crippen molar-refractivity contribution in [3.05, 3.63) is 51.4 Å². The molecule has 1 fully saturated rings. The van der Waals surface area contributed by atoms with E-state index in [0.717, 1.165) is 55.3 Å². The molecule has 8 heteroatoms. The molecular formula is C22H25F3N4O. The summed E-state index contributed by atoms with van der Waals surface area (Å²) in [6.07, 6.45) is 0.940. The number of aromatic amines is 1. The number of hydrogen-bond acceptors (Lipinski definition) is 4. The second-order valence-corrected chi connectivity index (χ2v) is 8.78. The molecule has 160 valence electrons. The van der Waals surface area contributed by atoms with Crippen molar-refractivity contribution < 1.29 is 13.2 Å². The van der Waals surface area contributed by atoms with E-state index < -0.39 is 12.7 Å². The second-order valence-electron chi connectivity index (χ2n) is 8.78. The Morgan fingerprint density at radius 1 is 1.10 bits per heavy atom. The van der Waals surface area contributed by atoms with Gasteiger partial charge in [-0.3, -0.25) is 9.78 Å². The smallest absolute Gasteiger partial charge is 0.361 e. The van der Waals surface area contributed by atoms with E-state index >= 15 is 0 Å². The summed E-state index contributed by atoms with van der Waals surface area (Å²) < 4.78 is 39.4. The van der Waals surface area contributed by atoms with Crippen LogP contribution in [0.1, 0.15) is 42.5 Å². The van der Waals surface area contributed by atoms with E-state index in [4.69, 9.17) is 4.98 Å². The van der Waals surface area contributed by atoms with Crippen LogP contribution >= 0.6 is 0 Å². The summed E-state index contributed by atoms with van der Waals surface area (Å²) >= 11 is 0. The van der Waals surface area contributed by atoms with Gasteiger partial charge in [-0.25, -0.2) is 4.98 Å². The van der Waals surface area contributed by atoms with Crippen molar-refractivity contribution in [3.8, 4) is 0 Å². The first-order valence-corrected chi connectivity index (χ1v) is 10.6. The highest BCUT2D eigenvalue weighted by atomic mass is 19.4. The minimum Gasteiger partial charge on any atom is -0.361 e. The number of nitrogens with one attached hydrogen (secondary N) is 1. The molecule has 1 saturated heterocycles. The molecule has 1 N–H and O–H groups in total. The number of para-hydroxylation sites is 1. The Kier molecular flexibility index (Phi) is 4.56. The molecule has 0 bridgehead atoms. The average molecular weight is 418 g/mol.